The maximum absolute atomic E-state index is 12.3. The van der Waals surface area contributed by atoms with E-state index in [9.17, 15) is 4.79 Å². The first kappa shape index (κ1) is 11.7. The molecular weight excluding hydrogens is 226 g/mol. The molecule has 0 atom stereocenters. The van der Waals surface area contributed by atoms with E-state index in [0.29, 0.717) is 5.91 Å². The van der Waals surface area contributed by atoms with Crippen LogP contribution in [0, 0.1) is 5.92 Å². The van der Waals surface area contributed by atoms with Crippen molar-refractivity contribution in [3.63, 3.8) is 0 Å². The Kier molecular flexibility index (Phi) is 3.08. The summed E-state index contributed by atoms with van der Waals surface area (Å²) in [7, 11) is 0. The second-order valence-corrected chi connectivity index (χ2v) is 5.19. The minimum absolute atomic E-state index is 0.157. The summed E-state index contributed by atoms with van der Waals surface area (Å²) in [6.07, 6.45) is 2.08. The van der Waals surface area contributed by atoms with Crippen LogP contribution in [0.5, 0.6) is 0 Å². The first-order valence-corrected chi connectivity index (χ1v) is 6.75. The summed E-state index contributed by atoms with van der Waals surface area (Å²) in [5.74, 6) is 0.465. The van der Waals surface area contributed by atoms with Crippen molar-refractivity contribution in [2.75, 3.05) is 19.7 Å². The molecule has 0 N–H and O–H groups in total. The molecule has 1 aromatic carbocycles. The minimum Gasteiger partial charge on any atom is -0.375 e. The molecule has 96 valence electrons. The second-order valence-electron chi connectivity index (χ2n) is 5.19. The molecule has 3 rings (SSSR count). The third-order valence-corrected chi connectivity index (χ3v) is 3.96. The molecular formula is C15H19NO2. The largest absolute Gasteiger partial charge is 0.375 e. The van der Waals surface area contributed by atoms with E-state index < -0.39 is 0 Å². The average molecular weight is 245 g/mol. The van der Waals surface area contributed by atoms with Crippen LogP contribution in [0.3, 0.4) is 0 Å². The van der Waals surface area contributed by atoms with Crippen molar-refractivity contribution in [2.45, 2.75) is 25.9 Å². The van der Waals surface area contributed by atoms with E-state index in [2.05, 4.69) is 24.3 Å². The summed E-state index contributed by atoms with van der Waals surface area (Å²) >= 11 is 0. The molecule has 0 saturated carbocycles. The lowest BCUT2D eigenvalue weighted by Gasteiger charge is -2.40. The number of carbonyl (C=O) groups is 1. The van der Waals surface area contributed by atoms with E-state index in [1.165, 1.54) is 11.1 Å². The van der Waals surface area contributed by atoms with E-state index >= 15 is 0 Å². The van der Waals surface area contributed by atoms with Gasteiger partial charge >= 0.3 is 0 Å². The van der Waals surface area contributed by atoms with Gasteiger partial charge in [-0.2, -0.15) is 0 Å². The number of nitrogens with zero attached hydrogens (tertiary/aromatic N) is 1. The van der Waals surface area contributed by atoms with Crippen molar-refractivity contribution in [3.8, 4) is 0 Å². The van der Waals surface area contributed by atoms with Crippen LogP contribution in [0.4, 0.5) is 0 Å². The lowest BCUT2D eigenvalue weighted by atomic mass is 10.0. The quantitative estimate of drug-likeness (QED) is 0.810. The third-order valence-electron chi connectivity index (χ3n) is 3.96. The Morgan fingerprint density at radius 3 is 2.44 bits per heavy atom. The van der Waals surface area contributed by atoms with Crippen molar-refractivity contribution in [3.05, 3.63) is 35.4 Å². The van der Waals surface area contributed by atoms with Crippen LogP contribution in [0.1, 0.15) is 18.1 Å². The number of ether oxygens (including phenoxy) is 1. The molecule has 18 heavy (non-hydrogen) atoms. The van der Waals surface area contributed by atoms with Gasteiger partial charge in [0.05, 0.1) is 6.10 Å². The predicted molar refractivity (Wildman–Crippen MR) is 69.3 cm³/mol. The molecule has 3 nitrogen and oxygen atoms in total. The van der Waals surface area contributed by atoms with Crippen molar-refractivity contribution in [1.82, 2.24) is 4.90 Å². The molecule has 2 aliphatic rings. The second kappa shape index (κ2) is 4.73. The highest BCUT2D eigenvalue weighted by molar-refractivity contribution is 5.81. The van der Waals surface area contributed by atoms with Crippen molar-refractivity contribution in [1.29, 1.82) is 0 Å². The summed E-state index contributed by atoms with van der Waals surface area (Å²) < 4.78 is 5.49. The minimum atomic E-state index is 0.157. The maximum atomic E-state index is 12.3. The smallest absolute Gasteiger partial charge is 0.226 e. The molecule has 1 aliphatic heterocycles. The zero-order valence-electron chi connectivity index (χ0n) is 10.8. The number of amides is 1. The van der Waals surface area contributed by atoms with Gasteiger partial charge in [-0.15, -0.1) is 0 Å². The molecule has 1 aromatic rings. The average Bonchev–Trinajstić information content (AvgIpc) is 2.76. The van der Waals surface area contributed by atoms with Crippen LogP contribution in [0.25, 0.3) is 0 Å². The number of benzene rings is 1. The fourth-order valence-corrected chi connectivity index (χ4v) is 2.95. The van der Waals surface area contributed by atoms with Gasteiger partial charge in [-0.1, -0.05) is 24.3 Å². The number of carbonyl (C=O) groups excluding carboxylic acids is 1. The molecule has 1 amide bonds. The van der Waals surface area contributed by atoms with E-state index in [0.717, 1.165) is 32.5 Å². The maximum Gasteiger partial charge on any atom is 0.226 e. The van der Waals surface area contributed by atoms with E-state index in [1.54, 1.807) is 0 Å². The highest BCUT2D eigenvalue weighted by Crippen LogP contribution is 2.29. The van der Waals surface area contributed by atoms with Crippen LogP contribution in [-0.4, -0.2) is 36.6 Å². The molecule has 0 bridgehead atoms. The monoisotopic (exact) mass is 245 g/mol. The molecule has 1 saturated heterocycles. The van der Waals surface area contributed by atoms with E-state index in [1.807, 2.05) is 11.8 Å². The topological polar surface area (TPSA) is 29.5 Å². The van der Waals surface area contributed by atoms with Gasteiger partial charge in [0.2, 0.25) is 5.91 Å². The van der Waals surface area contributed by atoms with Crippen molar-refractivity contribution >= 4 is 5.91 Å². The van der Waals surface area contributed by atoms with Gasteiger partial charge < -0.3 is 9.64 Å². The Morgan fingerprint density at radius 1 is 1.28 bits per heavy atom. The summed E-state index contributed by atoms with van der Waals surface area (Å²) in [5, 5.41) is 0. The van der Waals surface area contributed by atoms with Gasteiger partial charge in [0, 0.05) is 25.6 Å². The molecule has 0 unspecified atom stereocenters. The molecule has 1 fully saturated rings. The molecule has 0 radical (unpaired) electrons. The number of fused-ring (bicyclic) bond motifs is 1. The number of rotatable bonds is 3. The Labute approximate surface area is 108 Å². The molecule has 0 aromatic heterocycles. The molecule has 1 aliphatic carbocycles. The Morgan fingerprint density at radius 2 is 1.89 bits per heavy atom. The van der Waals surface area contributed by atoms with Crippen molar-refractivity contribution in [2.24, 2.45) is 5.92 Å². The van der Waals surface area contributed by atoms with Crippen molar-refractivity contribution < 1.29 is 9.53 Å². The summed E-state index contributed by atoms with van der Waals surface area (Å²) in [6, 6.07) is 8.39. The number of hydrogen-bond acceptors (Lipinski definition) is 2. The molecule has 0 spiro atoms. The zero-order chi connectivity index (χ0) is 12.5. The Bertz CT molecular complexity index is 427. The predicted octanol–water partition coefficient (Wildman–Crippen LogP) is 1.65. The van der Waals surface area contributed by atoms with E-state index in [4.69, 9.17) is 4.74 Å². The first-order chi connectivity index (χ1) is 8.78. The lowest BCUT2D eigenvalue weighted by Crippen LogP contribution is -2.56. The normalized spacial score (nSPS) is 19.7. The fourth-order valence-electron chi connectivity index (χ4n) is 2.95. The number of hydrogen-bond donors (Lipinski definition) is 0. The van der Waals surface area contributed by atoms with Crippen LogP contribution in [0.2, 0.25) is 0 Å². The van der Waals surface area contributed by atoms with Gasteiger partial charge in [0.25, 0.3) is 0 Å². The van der Waals surface area contributed by atoms with Gasteiger partial charge in [0.1, 0.15) is 0 Å². The standard InChI is InChI=1S/C15H19NO2/c1-2-18-14-9-16(10-14)15(17)13-7-11-5-3-4-6-12(11)8-13/h3-6,13-14H,2,7-10H2,1H3. The van der Waals surface area contributed by atoms with Gasteiger partial charge in [-0.05, 0) is 30.9 Å². The third kappa shape index (κ3) is 2.03. The van der Waals surface area contributed by atoms with Crippen LogP contribution < -0.4 is 0 Å². The lowest BCUT2D eigenvalue weighted by molar-refractivity contribution is -0.148. The van der Waals surface area contributed by atoms with Crippen LogP contribution in [0.15, 0.2) is 24.3 Å². The fraction of sp³-hybridized carbons (Fsp3) is 0.533. The highest BCUT2D eigenvalue weighted by atomic mass is 16.5. The Balaban J connectivity index is 1.57. The zero-order valence-corrected chi connectivity index (χ0v) is 10.8. The first-order valence-electron chi connectivity index (χ1n) is 6.75. The van der Waals surface area contributed by atoms with Gasteiger partial charge in [0.15, 0.2) is 0 Å². The van der Waals surface area contributed by atoms with Gasteiger partial charge in [-0.25, -0.2) is 0 Å². The highest BCUT2D eigenvalue weighted by Gasteiger charge is 2.36. The van der Waals surface area contributed by atoms with Crippen LogP contribution >= 0.6 is 0 Å². The number of likely N-dealkylation sites (tertiary alicyclic amines) is 1. The summed E-state index contributed by atoms with van der Waals surface area (Å²) in [4.78, 5) is 14.3. The van der Waals surface area contributed by atoms with Crippen LogP contribution in [-0.2, 0) is 22.4 Å². The Hall–Kier alpha value is -1.35. The molecule has 3 heteroatoms. The van der Waals surface area contributed by atoms with Gasteiger partial charge in [-0.3, -0.25) is 4.79 Å². The molecule has 1 heterocycles. The summed E-state index contributed by atoms with van der Waals surface area (Å²) in [5.41, 5.74) is 2.69. The summed E-state index contributed by atoms with van der Waals surface area (Å²) in [6.45, 7) is 4.29. The van der Waals surface area contributed by atoms with E-state index in [-0.39, 0.29) is 12.0 Å². The SMILES string of the molecule is CCOC1CN(C(=O)C2Cc3ccccc3C2)C1.